The second-order valence-corrected chi connectivity index (χ2v) is 7.34. The highest BCUT2D eigenvalue weighted by atomic mass is 16.6. The van der Waals surface area contributed by atoms with Crippen molar-refractivity contribution in [2.24, 2.45) is 0 Å². The topological polar surface area (TPSA) is 74.4 Å². The predicted molar refractivity (Wildman–Crippen MR) is 91.3 cm³/mol. The van der Waals surface area contributed by atoms with Crippen molar-refractivity contribution in [2.75, 3.05) is 7.11 Å². The van der Waals surface area contributed by atoms with Crippen molar-refractivity contribution < 1.29 is 14.3 Å². The van der Waals surface area contributed by atoms with Crippen molar-refractivity contribution >= 4 is 6.09 Å². The highest BCUT2D eigenvalue weighted by Gasteiger charge is 2.32. The average molecular weight is 347 g/mol. The van der Waals surface area contributed by atoms with E-state index in [2.05, 4.69) is 10.2 Å². The second-order valence-electron chi connectivity index (χ2n) is 7.34. The first-order valence-corrected chi connectivity index (χ1v) is 8.35. The zero-order valence-corrected chi connectivity index (χ0v) is 15.4. The Kier molecular flexibility index (Phi) is 4.55. The van der Waals surface area contributed by atoms with E-state index in [4.69, 9.17) is 9.47 Å². The van der Waals surface area contributed by atoms with Crippen molar-refractivity contribution in [3.63, 3.8) is 0 Å². The fourth-order valence-corrected chi connectivity index (χ4v) is 2.88. The molecule has 25 heavy (non-hydrogen) atoms. The number of carbonyl (C=O) groups excluding carboxylic acids is 1. The van der Waals surface area contributed by atoms with E-state index in [1.807, 2.05) is 38.6 Å². The van der Waals surface area contributed by atoms with Gasteiger partial charge in [0.25, 0.3) is 0 Å². The Morgan fingerprint density at radius 3 is 2.76 bits per heavy atom. The van der Waals surface area contributed by atoms with Crippen LogP contribution in [0.5, 0.6) is 0 Å². The van der Waals surface area contributed by atoms with Gasteiger partial charge in [0, 0.05) is 18.9 Å². The van der Waals surface area contributed by atoms with Crippen LogP contribution < -0.4 is 0 Å². The number of hydrogen-bond acceptors (Lipinski definition) is 5. The van der Waals surface area contributed by atoms with Crippen molar-refractivity contribution in [3.8, 4) is 5.69 Å². The van der Waals surface area contributed by atoms with Crippen LogP contribution in [0.4, 0.5) is 4.79 Å². The number of methoxy groups -OCH3 is 1. The van der Waals surface area contributed by atoms with Gasteiger partial charge >= 0.3 is 6.09 Å². The lowest BCUT2D eigenvalue weighted by atomic mass is 10.2. The minimum absolute atomic E-state index is 0.0109. The van der Waals surface area contributed by atoms with Gasteiger partial charge in [0.1, 0.15) is 11.3 Å². The lowest BCUT2D eigenvalue weighted by Gasteiger charge is -2.35. The molecule has 3 heterocycles. The Bertz CT molecular complexity index is 759. The maximum absolute atomic E-state index is 12.5. The molecular formula is C17H25N5O3. The monoisotopic (exact) mass is 347 g/mol. The van der Waals surface area contributed by atoms with Crippen LogP contribution in [0.1, 0.15) is 39.0 Å². The summed E-state index contributed by atoms with van der Waals surface area (Å²) < 4.78 is 14.4. The lowest BCUT2D eigenvalue weighted by molar-refractivity contribution is 0.00906. The van der Waals surface area contributed by atoms with Gasteiger partial charge in [0.15, 0.2) is 0 Å². The quantitative estimate of drug-likeness (QED) is 0.852. The molecule has 2 aromatic heterocycles. The van der Waals surface area contributed by atoms with Crippen LogP contribution in [0.3, 0.4) is 0 Å². The third kappa shape index (κ3) is 3.68. The lowest BCUT2D eigenvalue weighted by Crippen LogP contribution is -2.47. The molecule has 8 nitrogen and oxygen atoms in total. The third-order valence-electron chi connectivity index (χ3n) is 4.04. The van der Waals surface area contributed by atoms with Crippen molar-refractivity contribution in [1.82, 2.24) is 24.5 Å². The minimum Gasteiger partial charge on any atom is -0.444 e. The van der Waals surface area contributed by atoms with Crippen LogP contribution in [0, 0.1) is 0 Å². The molecule has 0 aliphatic carbocycles. The molecule has 8 heteroatoms. The Labute approximate surface area is 147 Å². The standard InChI is InChI=1S/C17H25N5O3/c1-12-8-21-15(10-20(12)16(23)25-17(2,3)4)14(7-19-21)22-9-13(6-18-22)11-24-5/h6-7,9,12H,8,10-11H2,1-5H3/t12-/m0/s1. The summed E-state index contributed by atoms with van der Waals surface area (Å²) in [6.07, 6.45) is 5.16. The summed E-state index contributed by atoms with van der Waals surface area (Å²) >= 11 is 0. The molecule has 1 aliphatic rings. The van der Waals surface area contributed by atoms with E-state index in [0.717, 1.165) is 16.9 Å². The first-order chi connectivity index (χ1) is 11.8. The molecule has 136 valence electrons. The number of carbonyl (C=O) groups is 1. The van der Waals surface area contributed by atoms with Crippen molar-refractivity contribution in [2.45, 2.75) is 59.0 Å². The van der Waals surface area contributed by atoms with Gasteiger partial charge in [0.05, 0.1) is 43.8 Å². The number of nitrogens with zero attached hydrogens (tertiary/aromatic N) is 5. The van der Waals surface area contributed by atoms with E-state index < -0.39 is 5.60 Å². The zero-order chi connectivity index (χ0) is 18.2. The van der Waals surface area contributed by atoms with Gasteiger partial charge < -0.3 is 9.47 Å². The first kappa shape index (κ1) is 17.5. The highest BCUT2D eigenvalue weighted by Crippen LogP contribution is 2.25. The summed E-state index contributed by atoms with van der Waals surface area (Å²) in [7, 11) is 1.65. The number of fused-ring (bicyclic) bond motifs is 1. The fourth-order valence-electron chi connectivity index (χ4n) is 2.88. The number of aromatic nitrogens is 4. The van der Waals surface area contributed by atoms with E-state index >= 15 is 0 Å². The molecule has 1 amide bonds. The van der Waals surface area contributed by atoms with Crippen LogP contribution >= 0.6 is 0 Å². The molecule has 0 N–H and O–H groups in total. The Morgan fingerprint density at radius 2 is 2.08 bits per heavy atom. The molecule has 0 saturated carbocycles. The number of rotatable bonds is 3. The Morgan fingerprint density at radius 1 is 1.32 bits per heavy atom. The predicted octanol–water partition coefficient (Wildman–Crippen LogP) is 2.35. The fraction of sp³-hybridized carbons (Fsp3) is 0.588. The maximum Gasteiger partial charge on any atom is 0.410 e. The van der Waals surface area contributed by atoms with E-state index in [0.29, 0.717) is 19.7 Å². The molecule has 1 aliphatic heterocycles. The molecule has 0 aromatic carbocycles. The Balaban J connectivity index is 1.85. The van der Waals surface area contributed by atoms with E-state index in [9.17, 15) is 4.79 Å². The molecule has 0 spiro atoms. The van der Waals surface area contributed by atoms with Crippen LogP contribution in [0.15, 0.2) is 18.6 Å². The summed E-state index contributed by atoms with van der Waals surface area (Å²) in [5.41, 5.74) is 2.27. The first-order valence-electron chi connectivity index (χ1n) is 8.35. The van der Waals surface area contributed by atoms with Crippen molar-refractivity contribution in [3.05, 3.63) is 29.8 Å². The van der Waals surface area contributed by atoms with Gasteiger partial charge in [-0.3, -0.25) is 9.58 Å². The maximum atomic E-state index is 12.5. The molecule has 0 radical (unpaired) electrons. The number of amides is 1. The van der Waals surface area contributed by atoms with Gasteiger partial charge in [-0.2, -0.15) is 10.2 Å². The van der Waals surface area contributed by atoms with E-state index in [1.54, 1.807) is 29.1 Å². The highest BCUT2D eigenvalue weighted by molar-refractivity contribution is 5.69. The SMILES string of the molecule is COCc1cnn(-c2cnn3c2CN(C(=O)OC(C)(C)C)[C@@H](C)C3)c1. The molecule has 2 aromatic rings. The molecule has 1 atom stereocenters. The Hall–Kier alpha value is -2.35. The van der Waals surface area contributed by atoms with Crippen LogP contribution in [0.25, 0.3) is 5.69 Å². The summed E-state index contributed by atoms with van der Waals surface area (Å²) in [5.74, 6) is 0. The summed E-state index contributed by atoms with van der Waals surface area (Å²) in [4.78, 5) is 14.3. The van der Waals surface area contributed by atoms with Crippen LogP contribution in [0.2, 0.25) is 0 Å². The largest absolute Gasteiger partial charge is 0.444 e. The molecular weight excluding hydrogens is 322 g/mol. The van der Waals surface area contributed by atoms with Gasteiger partial charge in [0.2, 0.25) is 0 Å². The van der Waals surface area contributed by atoms with Gasteiger partial charge in [-0.1, -0.05) is 0 Å². The van der Waals surface area contributed by atoms with Gasteiger partial charge in [-0.05, 0) is 27.7 Å². The molecule has 0 bridgehead atoms. The van der Waals surface area contributed by atoms with Crippen LogP contribution in [-0.4, -0.2) is 49.3 Å². The average Bonchev–Trinajstić information content (AvgIpc) is 3.11. The molecule has 0 saturated heterocycles. The second kappa shape index (κ2) is 6.51. The summed E-state index contributed by atoms with van der Waals surface area (Å²) in [6.45, 7) is 9.18. The minimum atomic E-state index is -0.519. The normalized spacial score (nSPS) is 17.5. The third-order valence-corrected chi connectivity index (χ3v) is 4.04. The summed E-state index contributed by atoms with van der Waals surface area (Å²) in [5, 5.41) is 8.84. The number of ether oxygens (including phenoxy) is 2. The number of hydrogen-bond donors (Lipinski definition) is 0. The molecule has 0 fully saturated rings. The van der Waals surface area contributed by atoms with E-state index in [-0.39, 0.29) is 12.1 Å². The molecule has 0 unspecified atom stereocenters. The smallest absolute Gasteiger partial charge is 0.410 e. The zero-order valence-electron chi connectivity index (χ0n) is 15.4. The van der Waals surface area contributed by atoms with Crippen molar-refractivity contribution in [1.29, 1.82) is 0 Å². The van der Waals surface area contributed by atoms with Gasteiger partial charge in [-0.15, -0.1) is 0 Å². The van der Waals surface area contributed by atoms with Gasteiger partial charge in [-0.25, -0.2) is 9.48 Å². The van der Waals surface area contributed by atoms with Crippen LogP contribution in [-0.2, 0) is 29.2 Å². The summed E-state index contributed by atoms with van der Waals surface area (Å²) in [6, 6.07) is 0.0109. The van der Waals surface area contributed by atoms with E-state index in [1.165, 1.54) is 0 Å². The molecule has 3 rings (SSSR count).